The summed E-state index contributed by atoms with van der Waals surface area (Å²) in [6.45, 7) is 1.52. The Kier molecular flexibility index (Phi) is 5.57. The number of carbonyl (C=O) groups excluding carboxylic acids is 2. The molecule has 0 bridgehead atoms. The third-order valence-corrected chi connectivity index (χ3v) is 6.33. The number of para-hydroxylation sites is 1. The average molecular weight is 459 g/mol. The number of aromatic nitrogens is 1. The summed E-state index contributed by atoms with van der Waals surface area (Å²) in [7, 11) is 0. The van der Waals surface area contributed by atoms with Crippen LogP contribution in [0, 0.1) is 0 Å². The second-order valence-corrected chi connectivity index (χ2v) is 8.56. The molecule has 0 saturated carbocycles. The molecule has 2 aromatic carbocycles. The van der Waals surface area contributed by atoms with Gasteiger partial charge < -0.3 is 29.4 Å². The number of rotatable bonds is 7. The standard InChI is InChI=1S/C26H24N2O6/c1-14(33-16-9-10-19-18-6-4-7-20(18)26(32)34-23(19)12-16)24(29)28-22(25(30)31)11-15-13-27-21-8-3-2-5-17(15)21/h2-3,5,8-10,12-14,22,27H,4,6-7,11H2,1H3,(H,28,29)(H,30,31)/p-1/t14-,22+/m1/s1. The summed E-state index contributed by atoms with van der Waals surface area (Å²) < 4.78 is 11.2. The van der Waals surface area contributed by atoms with E-state index in [0.29, 0.717) is 11.3 Å². The van der Waals surface area contributed by atoms with E-state index in [-0.39, 0.29) is 12.0 Å². The van der Waals surface area contributed by atoms with E-state index in [1.807, 2.05) is 30.3 Å². The summed E-state index contributed by atoms with van der Waals surface area (Å²) in [5.41, 5.74) is 3.46. The molecule has 0 aliphatic heterocycles. The molecule has 4 aromatic rings. The highest BCUT2D eigenvalue weighted by Gasteiger charge is 2.23. The van der Waals surface area contributed by atoms with Gasteiger partial charge in [-0.05, 0) is 55.5 Å². The van der Waals surface area contributed by atoms with E-state index in [1.165, 1.54) is 6.92 Å². The van der Waals surface area contributed by atoms with E-state index in [0.717, 1.165) is 52.2 Å². The number of nitrogens with one attached hydrogen (secondary N) is 2. The van der Waals surface area contributed by atoms with Gasteiger partial charge in [0.05, 0.1) is 12.0 Å². The lowest BCUT2D eigenvalue weighted by molar-refractivity contribution is -0.308. The van der Waals surface area contributed by atoms with Gasteiger partial charge in [-0.15, -0.1) is 0 Å². The van der Waals surface area contributed by atoms with Crippen LogP contribution in [-0.2, 0) is 28.9 Å². The summed E-state index contributed by atoms with van der Waals surface area (Å²) in [4.78, 5) is 39.8. The number of carboxylic acid groups (broad SMARTS) is 1. The number of aromatic amines is 1. The molecule has 8 heteroatoms. The van der Waals surface area contributed by atoms with E-state index < -0.39 is 24.0 Å². The van der Waals surface area contributed by atoms with E-state index >= 15 is 0 Å². The van der Waals surface area contributed by atoms with Crippen molar-refractivity contribution in [2.75, 3.05) is 0 Å². The maximum Gasteiger partial charge on any atom is 0.339 e. The molecule has 2 aromatic heterocycles. The number of aliphatic carboxylic acids is 1. The van der Waals surface area contributed by atoms with Crippen molar-refractivity contribution in [1.82, 2.24) is 10.3 Å². The van der Waals surface area contributed by atoms with Gasteiger partial charge in [-0.3, -0.25) is 4.79 Å². The number of carboxylic acids is 1. The van der Waals surface area contributed by atoms with Crippen LogP contribution in [0.5, 0.6) is 5.75 Å². The van der Waals surface area contributed by atoms with Gasteiger partial charge in [-0.25, -0.2) is 4.79 Å². The summed E-state index contributed by atoms with van der Waals surface area (Å²) in [6.07, 6.45) is 3.29. The number of benzene rings is 2. The second-order valence-electron chi connectivity index (χ2n) is 8.56. The molecule has 5 rings (SSSR count). The molecule has 174 valence electrons. The Hall–Kier alpha value is -4.07. The van der Waals surface area contributed by atoms with Crippen molar-refractivity contribution in [2.24, 2.45) is 0 Å². The number of hydrogen-bond acceptors (Lipinski definition) is 6. The van der Waals surface area contributed by atoms with Crippen LogP contribution in [0.1, 0.15) is 30.0 Å². The minimum Gasteiger partial charge on any atom is -0.548 e. The number of hydrogen-bond donors (Lipinski definition) is 2. The largest absolute Gasteiger partial charge is 0.548 e. The highest BCUT2D eigenvalue weighted by molar-refractivity contribution is 5.88. The minimum absolute atomic E-state index is 0.0665. The van der Waals surface area contributed by atoms with Crippen LogP contribution in [0.25, 0.3) is 21.9 Å². The molecule has 0 unspecified atom stereocenters. The lowest BCUT2D eigenvalue weighted by Crippen LogP contribution is -2.52. The van der Waals surface area contributed by atoms with E-state index in [2.05, 4.69) is 10.3 Å². The normalized spacial score (nSPS) is 14.6. The summed E-state index contributed by atoms with van der Waals surface area (Å²) >= 11 is 0. The fourth-order valence-electron chi connectivity index (χ4n) is 4.60. The highest BCUT2D eigenvalue weighted by Crippen LogP contribution is 2.30. The molecule has 1 aliphatic carbocycles. The van der Waals surface area contributed by atoms with Gasteiger partial charge in [0.2, 0.25) is 0 Å². The Labute approximate surface area is 194 Å². The van der Waals surface area contributed by atoms with E-state index in [9.17, 15) is 19.5 Å². The Balaban J connectivity index is 1.30. The number of aryl methyl sites for hydroxylation is 1. The van der Waals surface area contributed by atoms with Gasteiger partial charge >= 0.3 is 5.63 Å². The molecule has 0 spiro atoms. The van der Waals surface area contributed by atoms with Crippen molar-refractivity contribution in [2.45, 2.75) is 44.8 Å². The van der Waals surface area contributed by atoms with Crippen molar-refractivity contribution in [3.63, 3.8) is 0 Å². The van der Waals surface area contributed by atoms with Crippen LogP contribution >= 0.6 is 0 Å². The number of H-pyrrole nitrogens is 1. The Bertz CT molecular complexity index is 1470. The summed E-state index contributed by atoms with van der Waals surface area (Å²) in [6, 6.07) is 11.4. The second kappa shape index (κ2) is 8.70. The monoisotopic (exact) mass is 459 g/mol. The zero-order valence-corrected chi connectivity index (χ0v) is 18.6. The van der Waals surface area contributed by atoms with Crippen molar-refractivity contribution >= 4 is 33.7 Å². The number of amides is 1. The zero-order valence-electron chi connectivity index (χ0n) is 18.6. The van der Waals surface area contributed by atoms with Crippen molar-refractivity contribution in [1.29, 1.82) is 0 Å². The quantitative estimate of drug-likeness (QED) is 0.408. The molecule has 1 aliphatic rings. The van der Waals surface area contributed by atoms with Gasteiger partial charge in [0.1, 0.15) is 11.3 Å². The molecule has 8 nitrogen and oxygen atoms in total. The molecular weight excluding hydrogens is 436 g/mol. The number of fused-ring (bicyclic) bond motifs is 4. The molecule has 2 N–H and O–H groups in total. The first kappa shape index (κ1) is 21.8. The first-order valence-electron chi connectivity index (χ1n) is 11.2. The molecular formula is C26H23N2O6-. The van der Waals surface area contributed by atoms with E-state index in [4.69, 9.17) is 9.15 Å². The third-order valence-electron chi connectivity index (χ3n) is 6.33. The summed E-state index contributed by atoms with van der Waals surface area (Å²) in [5, 5.41) is 16.0. The lowest BCUT2D eigenvalue weighted by atomic mass is 10.0. The minimum atomic E-state index is -1.38. The Morgan fingerprint density at radius 1 is 1.15 bits per heavy atom. The van der Waals surface area contributed by atoms with Crippen molar-refractivity contribution < 1.29 is 23.8 Å². The fraction of sp³-hybridized carbons (Fsp3) is 0.269. The van der Waals surface area contributed by atoms with Crippen LogP contribution in [0.4, 0.5) is 0 Å². The Morgan fingerprint density at radius 3 is 2.76 bits per heavy atom. The van der Waals surface area contributed by atoms with Crippen LogP contribution in [0.2, 0.25) is 0 Å². The van der Waals surface area contributed by atoms with Crippen LogP contribution < -0.4 is 20.8 Å². The molecule has 0 saturated heterocycles. The maximum absolute atomic E-state index is 12.7. The number of carbonyl (C=O) groups is 2. The van der Waals surface area contributed by atoms with Crippen molar-refractivity contribution in [3.8, 4) is 5.75 Å². The third kappa shape index (κ3) is 4.03. The first-order valence-corrected chi connectivity index (χ1v) is 11.2. The average Bonchev–Trinajstić information content (AvgIpc) is 3.46. The molecule has 0 radical (unpaired) electrons. The zero-order chi connectivity index (χ0) is 23.8. The van der Waals surface area contributed by atoms with Crippen LogP contribution in [0.15, 0.2) is 57.9 Å². The maximum atomic E-state index is 12.7. The smallest absolute Gasteiger partial charge is 0.339 e. The van der Waals surface area contributed by atoms with Crippen LogP contribution in [0.3, 0.4) is 0 Å². The predicted octanol–water partition coefficient (Wildman–Crippen LogP) is 2.01. The van der Waals surface area contributed by atoms with Gasteiger partial charge in [-0.1, -0.05) is 18.2 Å². The summed E-state index contributed by atoms with van der Waals surface area (Å²) in [5.74, 6) is -1.63. The predicted molar refractivity (Wildman–Crippen MR) is 124 cm³/mol. The molecule has 0 fully saturated rings. The topological polar surface area (TPSA) is 124 Å². The highest BCUT2D eigenvalue weighted by atomic mass is 16.5. The fourth-order valence-corrected chi connectivity index (χ4v) is 4.60. The van der Waals surface area contributed by atoms with E-state index in [1.54, 1.807) is 18.3 Å². The van der Waals surface area contributed by atoms with Crippen molar-refractivity contribution in [3.05, 3.63) is 75.8 Å². The molecule has 2 heterocycles. The molecule has 2 atom stereocenters. The molecule has 34 heavy (non-hydrogen) atoms. The van der Waals surface area contributed by atoms with Gasteiger partial charge in [0.15, 0.2) is 6.10 Å². The van der Waals surface area contributed by atoms with Gasteiger partial charge in [-0.2, -0.15) is 0 Å². The molecule has 1 amide bonds. The first-order chi connectivity index (χ1) is 16.4. The van der Waals surface area contributed by atoms with Crippen LogP contribution in [-0.4, -0.2) is 29.0 Å². The Morgan fingerprint density at radius 2 is 1.94 bits per heavy atom. The number of ether oxygens (including phenoxy) is 1. The SMILES string of the molecule is C[C@@H](Oc1ccc2c3c(c(=O)oc2c1)CCC3)C(=O)N[C@@H](Cc1c[nH]c2ccccc12)C(=O)[O-]. The lowest BCUT2D eigenvalue weighted by Gasteiger charge is -2.22. The van der Waals surface area contributed by atoms with Gasteiger partial charge in [0, 0.05) is 40.5 Å². The van der Waals surface area contributed by atoms with Gasteiger partial charge in [0.25, 0.3) is 5.91 Å².